The Morgan fingerprint density at radius 1 is 1.25 bits per heavy atom. The van der Waals surface area contributed by atoms with E-state index >= 15 is 0 Å². The van der Waals surface area contributed by atoms with Crippen molar-refractivity contribution in [2.24, 2.45) is 0 Å². The normalized spacial score (nSPS) is 27.6. The van der Waals surface area contributed by atoms with Crippen LogP contribution in [0, 0.1) is 12.3 Å². The lowest BCUT2D eigenvalue weighted by atomic mass is 10.0. The SMILES string of the molecule is C#C[C@@H]1OC(C)(C)O[C@H]1Cc1ccccc1. The predicted molar refractivity (Wildman–Crippen MR) is 62.8 cm³/mol. The van der Waals surface area contributed by atoms with Gasteiger partial charge in [-0.2, -0.15) is 0 Å². The van der Waals surface area contributed by atoms with Crippen LogP contribution in [0.5, 0.6) is 0 Å². The molecule has 0 amide bonds. The highest BCUT2D eigenvalue weighted by atomic mass is 16.7. The lowest BCUT2D eigenvalue weighted by molar-refractivity contribution is -0.142. The van der Waals surface area contributed by atoms with Gasteiger partial charge in [-0.15, -0.1) is 6.42 Å². The van der Waals surface area contributed by atoms with Gasteiger partial charge in [0, 0.05) is 6.42 Å². The number of terminal acetylenes is 1. The van der Waals surface area contributed by atoms with Crippen molar-refractivity contribution in [1.29, 1.82) is 0 Å². The summed E-state index contributed by atoms with van der Waals surface area (Å²) in [6, 6.07) is 10.2. The van der Waals surface area contributed by atoms with Gasteiger partial charge in [0.2, 0.25) is 0 Å². The Balaban J connectivity index is 2.08. The Labute approximate surface area is 96.6 Å². The van der Waals surface area contributed by atoms with Gasteiger partial charge in [-0.25, -0.2) is 0 Å². The minimum absolute atomic E-state index is 0.0533. The third-order valence-corrected chi connectivity index (χ3v) is 2.63. The monoisotopic (exact) mass is 216 g/mol. The van der Waals surface area contributed by atoms with Crippen LogP contribution in [0.4, 0.5) is 0 Å². The summed E-state index contributed by atoms with van der Waals surface area (Å²) in [7, 11) is 0. The summed E-state index contributed by atoms with van der Waals surface area (Å²) in [4.78, 5) is 0. The van der Waals surface area contributed by atoms with Crippen LogP contribution < -0.4 is 0 Å². The van der Waals surface area contributed by atoms with Crippen molar-refractivity contribution in [3.05, 3.63) is 35.9 Å². The average molecular weight is 216 g/mol. The number of hydrogen-bond acceptors (Lipinski definition) is 2. The Morgan fingerprint density at radius 2 is 1.94 bits per heavy atom. The minimum atomic E-state index is -0.573. The van der Waals surface area contributed by atoms with Crippen LogP contribution in [0.25, 0.3) is 0 Å². The smallest absolute Gasteiger partial charge is 0.165 e. The van der Waals surface area contributed by atoms with E-state index in [1.807, 2.05) is 32.0 Å². The fourth-order valence-electron chi connectivity index (χ4n) is 1.97. The predicted octanol–water partition coefficient (Wildman–Crippen LogP) is 2.38. The Bertz CT molecular complexity index is 389. The van der Waals surface area contributed by atoms with Crippen molar-refractivity contribution in [1.82, 2.24) is 0 Å². The van der Waals surface area contributed by atoms with Crippen LogP contribution >= 0.6 is 0 Å². The van der Waals surface area contributed by atoms with E-state index in [1.54, 1.807) is 0 Å². The Morgan fingerprint density at radius 3 is 2.56 bits per heavy atom. The maximum absolute atomic E-state index is 5.79. The molecule has 2 rings (SSSR count). The highest BCUT2D eigenvalue weighted by Gasteiger charge is 2.40. The first-order chi connectivity index (χ1) is 7.61. The second kappa shape index (κ2) is 4.29. The molecule has 0 spiro atoms. The zero-order valence-corrected chi connectivity index (χ0v) is 9.64. The first-order valence-corrected chi connectivity index (χ1v) is 5.46. The number of benzene rings is 1. The molecule has 0 unspecified atom stereocenters. The minimum Gasteiger partial charge on any atom is -0.343 e. The second-order valence-electron chi connectivity index (χ2n) is 4.45. The zero-order chi connectivity index (χ0) is 11.6. The van der Waals surface area contributed by atoms with Gasteiger partial charge in [-0.05, 0) is 19.4 Å². The quantitative estimate of drug-likeness (QED) is 0.707. The molecule has 2 heteroatoms. The van der Waals surface area contributed by atoms with Crippen LogP contribution in [0.3, 0.4) is 0 Å². The number of ether oxygens (including phenoxy) is 2. The molecule has 2 atom stereocenters. The summed E-state index contributed by atoms with van der Waals surface area (Å²) in [5.74, 6) is 2.07. The Kier molecular flexibility index (Phi) is 3.00. The highest BCUT2D eigenvalue weighted by Crippen LogP contribution is 2.29. The lowest BCUT2D eigenvalue weighted by Gasteiger charge is -2.16. The molecular weight excluding hydrogens is 200 g/mol. The van der Waals surface area contributed by atoms with Gasteiger partial charge in [0.1, 0.15) is 12.2 Å². The summed E-state index contributed by atoms with van der Waals surface area (Å²) < 4.78 is 11.4. The van der Waals surface area contributed by atoms with Crippen LogP contribution in [0.2, 0.25) is 0 Å². The molecule has 0 saturated carbocycles. The molecule has 0 bridgehead atoms. The van der Waals surface area contributed by atoms with Crippen molar-refractivity contribution in [3.8, 4) is 12.3 Å². The van der Waals surface area contributed by atoms with Gasteiger partial charge >= 0.3 is 0 Å². The number of hydrogen-bond donors (Lipinski definition) is 0. The van der Waals surface area contributed by atoms with Crippen molar-refractivity contribution in [3.63, 3.8) is 0 Å². The standard InChI is InChI=1S/C14H16O2/c1-4-12-13(16-14(2,3)15-12)10-11-8-6-5-7-9-11/h1,5-9,12-13H,10H2,2-3H3/t12-,13-/m0/s1. The highest BCUT2D eigenvalue weighted by molar-refractivity contribution is 5.17. The molecule has 1 aliphatic heterocycles. The van der Waals surface area contributed by atoms with Crippen molar-refractivity contribution < 1.29 is 9.47 Å². The van der Waals surface area contributed by atoms with E-state index in [0.717, 1.165) is 6.42 Å². The number of rotatable bonds is 2. The molecule has 1 heterocycles. The third kappa shape index (κ3) is 2.44. The maximum atomic E-state index is 5.79. The van der Waals surface area contributed by atoms with Crippen molar-refractivity contribution in [2.75, 3.05) is 0 Å². The summed E-state index contributed by atoms with van der Waals surface area (Å²) in [5, 5.41) is 0. The fraction of sp³-hybridized carbons (Fsp3) is 0.429. The molecule has 84 valence electrons. The summed E-state index contributed by atoms with van der Waals surface area (Å²) >= 11 is 0. The molecule has 1 aromatic carbocycles. The molecule has 0 radical (unpaired) electrons. The van der Waals surface area contributed by atoms with Crippen molar-refractivity contribution in [2.45, 2.75) is 38.3 Å². The molecule has 0 aromatic heterocycles. The van der Waals surface area contributed by atoms with E-state index in [0.29, 0.717) is 0 Å². The van der Waals surface area contributed by atoms with Crippen LogP contribution in [-0.2, 0) is 15.9 Å². The van der Waals surface area contributed by atoms with E-state index in [-0.39, 0.29) is 12.2 Å². The van der Waals surface area contributed by atoms with E-state index in [2.05, 4.69) is 18.1 Å². The summed E-state index contributed by atoms with van der Waals surface area (Å²) in [6.07, 6.45) is 5.93. The van der Waals surface area contributed by atoms with Crippen molar-refractivity contribution >= 4 is 0 Å². The van der Waals surface area contributed by atoms with Gasteiger partial charge in [-0.3, -0.25) is 0 Å². The van der Waals surface area contributed by atoms with E-state index in [9.17, 15) is 0 Å². The summed E-state index contributed by atoms with van der Waals surface area (Å²) in [5.41, 5.74) is 1.22. The molecule has 0 N–H and O–H groups in total. The third-order valence-electron chi connectivity index (χ3n) is 2.63. The maximum Gasteiger partial charge on any atom is 0.165 e. The molecular formula is C14H16O2. The van der Waals surface area contributed by atoms with Gasteiger partial charge < -0.3 is 9.47 Å². The van der Waals surface area contributed by atoms with Crippen LogP contribution in [0.1, 0.15) is 19.4 Å². The molecule has 1 aliphatic rings. The lowest BCUT2D eigenvalue weighted by Crippen LogP contribution is -2.23. The molecule has 1 fully saturated rings. The van der Waals surface area contributed by atoms with Crippen LogP contribution in [0.15, 0.2) is 30.3 Å². The van der Waals surface area contributed by atoms with Crippen LogP contribution in [-0.4, -0.2) is 18.0 Å². The molecule has 16 heavy (non-hydrogen) atoms. The van der Waals surface area contributed by atoms with Gasteiger partial charge in [0.25, 0.3) is 0 Å². The van der Waals surface area contributed by atoms with E-state index in [1.165, 1.54) is 5.56 Å². The first-order valence-electron chi connectivity index (χ1n) is 5.46. The topological polar surface area (TPSA) is 18.5 Å². The average Bonchev–Trinajstić information content (AvgIpc) is 2.54. The fourth-order valence-corrected chi connectivity index (χ4v) is 1.97. The van der Waals surface area contributed by atoms with Gasteiger partial charge in [0.05, 0.1) is 0 Å². The largest absolute Gasteiger partial charge is 0.343 e. The van der Waals surface area contributed by atoms with E-state index in [4.69, 9.17) is 15.9 Å². The Hall–Kier alpha value is -1.30. The molecule has 1 saturated heterocycles. The first kappa shape index (κ1) is 11.2. The molecule has 0 aliphatic carbocycles. The molecule has 2 nitrogen and oxygen atoms in total. The van der Waals surface area contributed by atoms with E-state index < -0.39 is 5.79 Å². The zero-order valence-electron chi connectivity index (χ0n) is 9.64. The summed E-state index contributed by atoms with van der Waals surface area (Å²) in [6.45, 7) is 3.78. The second-order valence-corrected chi connectivity index (χ2v) is 4.45. The molecule has 1 aromatic rings. The van der Waals surface area contributed by atoms with Gasteiger partial charge in [0.15, 0.2) is 5.79 Å². The van der Waals surface area contributed by atoms with Gasteiger partial charge in [-0.1, -0.05) is 36.3 Å².